The normalized spacial score (nSPS) is 11.3. The molecule has 0 aliphatic carbocycles. The number of hydrogen-bond donors (Lipinski definition) is 0. The van der Waals surface area contributed by atoms with Crippen LogP contribution in [0.3, 0.4) is 0 Å². The maximum absolute atomic E-state index is 2.42. The van der Waals surface area contributed by atoms with Crippen LogP contribution in [0.5, 0.6) is 0 Å². The third kappa shape index (κ3) is 7.12. The van der Waals surface area contributed by atoms with Crippen LogP contribution in [-0.2, 0) is 0 Å². The van der Waals surface area contributed by atoms with Crippen LogP contribution in [0.15, 0.2) is 267 Å². The van der Waals surface area contributed by atoms with Crippen molar-refractivity contribution in [1.82, 2.24) is 4.57 Å². The minimum atomic E-state index is 1.07. The molecule has 0 unspecified atom stereocenters. The summed E-state index contributed by atoms with van der Waals surface area (Å²) < 4.78 is 2.42. The van der Waals surface area contributed by atoms with Crippen LogP contribution >= 0.6 is 0 Å². The molecular formula is C64H44N2. The number of fused-ring (bicyclic) bond motifs is 4. The smallest absolute Gasteiger partial charge is 0.0541 e. The van der Waals surface area contributed by atoms with Crippen molar-refractivity contribution in [3.8, 4) is 61.3 Å². The summed E-state index contributed by atoms with van der Waals surface area (Å²) in [6.07, 6.45) is 0. The predicted octanol–water partition coefficient (Wildman–Crippen LogP) is 17.7. The molecule has 0 N–H and O–H groups in total. The van der Waals surface area contributed by atoms with Crippen LogP contribution in [0.1, 0.15) is 0 Å². The number of para-hydroxylation sites is 4. The van der Waals surface area contributed by atoms with Crippen LogP contribution in [0.2, 0.25) is 0 Å². The lowest BCUT2D eigenvalue weighted by atomic mass is 9.96. The highest BCUT2D eigenvalue weighted by Gasteiger charge is 2.20. The van der Waals surface area contributed by atoms with Gasteiger partial charge in [0, 0.05) is 33.3 Å². The molecule has 11 aromatic carbocycles. The Hall–Kier alpha value is -8.72. The molecule has 0 aliphatic heterocycles. The highest BCUT2D eigenvalue weighted by molar-refractivity contribution is 6.09. The number of hydrogen-bond acceptors (Lipinski definition) is 1. The lowest BCUT2D eigenvalue weighted by Gasteiger charge is -2.28. The predicted molar refractivity (Wildman–Crippen MR) is 280 cm³/mol. The van der Waals surface area contributed by atoms with Gasteiger partial charge in [-0.2, -0.15) is 0 Å². The Morgan fingerprint density at radius 2 is 0.712 bits per heavy atom. The van der Waals surface area contributed by atoms with E-state index in [1.165, 1.54) is 71.5 Å². The number of aromatic nitrogens is 1. The van der Waals surface area contributed by atoms with Crippen LogP contribution in [-0.4, -0.2) is 4.57 Å². The fourth-order valence-corrected chi connectivity index (χ4v) is 9.77. The quantitative estimate of drug-likeness (QED) is 0.141. The van der Waals surface area contributed by atoms with Crippen molar-refractivity contribution in [1.29, 1.82) is 0 Å². The first-order valence-electron chi connectivity index (χ1n) is 22.7. The summed E-state index contributed by atoms with van der Waals surface area (Å²) in [5, 5.41) is 5.01. The van der Waals surface area contributed by atoms with Gasteiger partial charge in [0.1, 0.15) is 0 Å². The molecule has 0 aliphatic rings. The molecule has 1 aromatic heterocycles. The van der Waals surface area contributed by atoms with Crippen molar-refractivity contribution in [3.05, 3.63) is 267 Å². The van der Waals surface area contributed by atoms with Gasteiger partial charge in [-0.25, -0.2) is 0 Å². The van der Waals surface area contributed by atoms with E-state index >= 15 is 0 Å². The summed E-state index contributed by atoms with van der Waals surface area (Å²) in [6, 6.07) is 96.9. The standard InChI is InChI=1S/C64H44N2/c1-2-16-45(17-3-1)51-21-15-23-54(44-51)58-25-7-10-28-61(58)65(55-38-34-47(35-39-55)50-20-14-22-52(42-50)53-33-32-46-18-4-5-19-49(46)43-53)56-40-36-48(37-41-56)57-24-6-11-29-62(57)66-63-30-12-8-26-59(63)60-27-9-13-31-64(60)66/h1-44H. The number of anilines is 3. The van der Waals surface area contributed by atoms with Gasteiger partial charge in [-0.15, -0.1) is 0 Å². The van der Waals surface area contributed by atoms with E-state index in [2.05, 4.69) is 276 Å². The fourth-order valence-electron chi connectivity index (χ4n) is 9.77. The van der Waals surface area contributed by atoms with Crippen molar-refractivity contribution < 1.29 is 0 Å². The Morgan fingerprint density at radius 3 is 1.41 bits per heavy atom. The number of nitrogens with zero attached hydrogens (tertiary/aromatic N) is 2. The lowest BCUT2D eigenvalue weighted by molar-refractivity contribution is 1.18. The Labute approximate surface area is 385 Å². The second-order valence-electron chi connectivity index (χ2n) is 16.9. The molecule has 66 heavy (non-hydrogen) atoms. The van der Waals surface area contributed by atoms with Crippen LogP contribution in [0, 0.1) is 0 Å². The summed E-state index contributed by atoms with van der Waals surface area (Å²) in [4.78, 5) is 2.41. The molecule has 0 fully saturated rings. The van der Waals surface area contributed by atoms with Gasteiger partial charge in [0.25, 0.3) is 0 Å². The summed E-state index contributed by atoms with van der Waals surface area (Å²) in [5.41, 5.74) is 18.6. The van der Waals surface area contributed by atoms with Gasteiger partial charge in [-0.1, -0.05) is 200 Å². The SMILES string of the molecule is c1ccc(-c2cccc(-c3ccccc3N(c3ccc(-c4cccc(-c5ccc6ccccc6c5)c4)cc3)c3ccc(-c4ccccc4-n4c5ccccc5c5ccccc54)cc3)c2)cc1. The highest BCUT2D eigenvalue weighted by atomic mass is 15.1. The Balaban J connectivity index is 0.959. The molecule has 12 aromatic rings. The first-order valence-corrected chi connectivity index (χ1v) is 22.7. The van der Waals surface area contributed by atoms with Crippen molar-refractivity contribution in [2.24, 2.45) is 0 Å². The molecule has 2 heteroatoms. The first kappa shape index (κ1) is 38.9. The van der Waals surface area contributed by atoms with E-state index < -0.39 is 0 Å². The van der Waals surface area contributed by atoms with E-state index in [1.807, 2.05) is 0 Å². The van der Waals surface area contributed by atoms with Gasteiger partial charge in [-0.05, 0) is 122 Å². The van der Waals surface area contributed by atoms with E-state index in [9.17, 15) is 0 Å². The fraction of sp³-hybridized carbons (Fsp3) is 0. The lowest BCUT2D eigenvalue weighted by Crippen LogP contribution is -2.11. The van der Waals surface area contributed by atoms with E-state index in [0.29, 0.717) is 0 Å². The van der Waals surface area contributed by atoms with E-state index in [1.54, 1.807) is 0 Å². The molecule has 0 saturated carbocycles. The largest absolute Gasteiger partial charge is 0.310 e. The Morgan fingerprint density at radius 1 is 0.258 bits per heavy atom. The molecule has 0 radical (unpaired) electrons. The molecule has 310 valence electrons. The highest BCUT2D eigenvalue weighted by Crippen LogP contribution is 2.44. The van der Waals surface area contributed by atoms with Gasteiger partial charge in [0.2, 0.25) is 0 Å². The third-order valence-corrected chi connectivity index (χ3v) is 13.0. The minimum Gasteiger partial charge on any atom is -0.310 e. The molecule has 0 bridgehead atoms. The van der Waals surface area contributed by atoms with Crippen LogP contribution < -0.4 is 4.90 Å². The molecule has 0 spiro atoms. The van der Waals surface area contributed by atoms with Crippen molar-refractivity contribution >= 4 is 49.6 Å². The van der Waals surface area contributed by atoms with E-state index in [0.717, 1.165) is 39.4 Å². The van der Waals surface area contributed by atoms with Gasteiger partial charge >= 0.3 is 0 Å². The Kier molecular flexibility index (Phi) is 9.89. The monoisotopic (exact) mass is 840 g/mol. The zero-order valence-corrected chi connectivity index (χ0v) is 36.3. The molecule has 0 saturated heterocycles. The second kappa shape index (κ2) is 16.8. The molecule has 0 atom stereocenters. The van der Waals surface area contributed by atoms with Crippen LogP contribution in [0.25, 0.3) is 93.9 Å². The minimum absolute atomic E-state index is 1.07. The average Bonchev–Trinajstić information content (AvgIpc) is 3.74. The topological polar surface area (TPSA) is 8.17 Å². The van der Waals surface area contributed by atoms with Gasteiger partial charge in [0.15, 0.2) is 0 Å². The maximum Gasteiger partial charge on any atom is 0.0541 e. The third-order valence-electron chi connectivity index (χ3n) is 13.0. The van der Waals surface area contributed by atoms with Gasteiger partial charge in [-0.3, -0.25) is 0 Å². The second-order valence-corrected chi connectivity index (χ2v) is 16.9. The summed E-state index contributed by atoms with van der Waals surface area (Å²) in [7, 11) is 0. The van der Waals surface area contributed by atoms with Crippen molar-refractivity contribution in [2.75, 3.05) is 4.90 Å². The maximum atomic E-state index is 2.42. The van der Waals surface area contributed by atoms with E-state index in [4.69, 9.17) is 0 Å². The molecular weight excluding hydrogens is 797 g/mol. The summed E-state index contributed by atoms with van der Waals surface area (Å²) >= 11 is 0. The Bertz CT molecular complexity index is 3640. The van der Waals surface area contributed by atoms with E-state index in [-0.39, 0.29) is 0 Å². The molecule has 2 nitrogen and oxygen atoms in total. The average molecular weight is 841 g/mol. The molecule has 1 heterocycles. The van der Waals surface area contributed by atoms with Crippen LogP contribution in [0.4, 0.5) is 17.1 Å². The molecule has 12 rings (SSSR count). The summed E-state index contributed by atoms with van der Waals surface area (Å²) in [5.74, 6) is 0. The van der Waals surface area contributed by atoms with Crippen molar-refractivity contribution in [3.63, 3.8) is 0 Å². The zero-order chi connectivity index (χ0) is 43.8. The van der Waals surface area contributed by atoms with Gasteiger partial charge in [0.05, 0.1) is 22.4 Å². The number of rotatable bonds is 9. The molecule has 0 amide bonds. The summed E-state index contributed by atoms with van der Waals surface area (Å²) in [6.45, 7) is 0. The first-order chi connectivity index (χ1) is 32.7. The van der Waals surface area contributed by atoms with Crippen molar-refractivity contribution in [2.45, 2.75) is 0 Å². The number of benzene rings is 11. The zero-order valence-electron chi connectivity index (χ0n) is 36.3. The van der Waals surface area contributed by atoms with Gasteiger partial charge < -0.3 is 9.47 Å².